The Labute approximate surface area is 165 Å². The van der Waals surface area contributed by atoms with E-state index in [0.29, 0.717) is 49.6 Å². The molecular formula is C19H26N4O4S. The van der Waals surface area contributed by atoms with E-state index < -0.39 is 10.0 Å². The van der Waals surface area contributed by atoms with Crippen molar-refractivity contribution < 1.29 is 17.9 Å². The first kappa shape index (κ1) is 20.3. The van der Waals surface area contributed by atoms with Crippen LogP contribution in [0.25, 0.3) is 0 Å². The normalized spacial score (nSPS) is 16.0. The number of carbonyl (C=O) groups is 1. The molecule has 1 aromatic carbocycles. The second kappa shape index (κ2) is 8.32. The van der Waals surface area contributed by atoms with Crippen LogP contribution in [0.4, 0.5) is 0 Å². The van der Waals surface area contributed by atoms with E-state index in [1.807, 2.05) is 6.92 Å². The first-order valence-corrected chi connectivity index (χ1v) is 10.8. The molecule has 1 aliphatic rings. The number of aryl methyl sites for hydroxylation is 2. The van der Waals surface area contributed by atoms with E-state index in [1.54, 1.807) is 43.0 Å². The molecule has 3 rings (SSSR count). The van der Waals surface area contributed by atoms with Crippen molar-refractivity contribution in [3.8, 4) is 5.75 Å². The Balaban J connectivity index is 1.71. The molecule has 8 nitrogen and oxygen atoms in total. The fourth-order valence-corrected chi connectivity index (χ4v) is 5.23. The van der Waals surface area contributed by atoms with Crippen molar-refractivity contribution >= 4 is 15.9 Å². The molecule has 1 aliphatic heterocycles. The molecule has 1 amide bonds. The third kappa shape index (κ3) is 4.05. The molecule has 0 spiro atoms. The van der Waals surface area contributed by atoms with E-state index in [0.717, 1.165) is 5.75 Å². The Hall–Kier alpha value is -2.39. The highest BCUT2D eigenvalue weighted by molar-refractivity contribution is 7.89. The van der Waals surface area contributed by atoms with Crippen molar-refractivity contribution in [2.75, 3.05) is 32.8 Å². The van der Waals surface area contributed by atoms with Gasteiger partial charge >= 0.3 is 0 Å². The van der Waals surface area contributed by atoms with Gasteiger partial charge in [0.2, 0.25) is 10.0 Å². The summed E-state index contributed by atoms with van der Waals surface area (Å²) in [6, 6.07) is 7.03. The number of hydrogen-bond acceptors (Lipinski definition) is 5. The molecule has 1 aromatic heterocycles. The van der Waals surface area contributed by atoms with Crippen LogP contribution in [0.2, 0.25) is 0 Å². The Kier molecular flexibility index (Phi) is 6.04. The smallest absolute Gasteiger partial charge is 0.253 e. The summed E-state index contributed by atoms with van der Waals surface area (Å²) in [5.41, 5.74) is 1.56. The lowest BCUT2D eigenvalue weighted by atomic mass is 10.2. The fourth-order valence-electron chi connectivity index (χ4n) is 3.43. The zero-order valence-electron chi connectivity index (χ0n) is 16.4. The highest BCUT2D eigenvalue weighted by Crippen LogP contribution is 2.23. The van der Waals surface area contributed by atoms with Gasteiger partial charge in [-0.3, -0.25) is 9.89 Å². The van der Waals surface area contributed by atoms with E-state index >= 15 is 0 Å². The minimum Gasteiger partial charge on any atom is -0.494 e. The summed E-state index contributed by atoms with van der Waals surface area (Å²) in [5.74, 6) is 0.621. The highest BCUT2D eigenvalue weighted by Gasteiger charge is 2.32. The van der Waals surface area contributed by atoms with Crippen molar-refractivity contribution in [2.45, 2.75) is 32.1 Å². The molecule has 0 aliphatic carbocycles. The third-order valence-electron chi connectivity index (χ3n) is 4.81. The van der Waals surface area contributed by atoms with Gasteiger partial charge in [-0.2, -0.15) is 9.40 Å². The average molecular weight is 407 g/mol. The molecule has 0 unspecified atom stereocenters. The molecular weight excluding hydrogens is 380 g/mol. The summed E-state index contributed by atoms with van der Waals surface area (Å²) in [6.45, 7) is 7.35. The quantitative estimate of drug-likeness (QED) is 0.819. The summed E-state index contributed by atoms with van der Waals surface area (Å²) < 4.78 is 32.9. The number of aromatic amines is 1. The maximum Gasteiger partial charge on any atom is 0.253 e. The van der Waals surface area contributed by atoms with Crippen LogP contribution in [0.3, 0.4) is 0 Å². The van der Waals surface area contributed by atoms with Gasteiger partial charge in [0.1, 0.15) is 10.6 Å². The van der Waals surface area contributed by atoms with Crippen LogP contribution in [-0.2, 0) is 10.0 Å². The molecule has 9 heteroatoms. The van der Waals surface area contributed by atoms with Crippen LogP contribution in [-0.4, -0.2) is 66.5 Å². The second-order valence-electron chi connectivity index (χ2n) is 6.77. The minimum absolute atomic E-state index is 0.0991. The van der Waals surface area contributed by atoms with Gasteiger partial charge in [-0.05, 0) is 51.5 Å². The van der Waals surface area contributed by atoms with E-state index in [9.17, 15) is 13.2 Å². The van der Waals surface area contributed by atoms with Gasteiger partial charge in [0.05, 0.1) is 18.0 Å². The van der Waals surface area contributed by atoms with Gasteiger partial charge in [0.25, 0.3) is 5.91 Å². The third-order valence-corrected chi connectivity index (χ3v) is 6.98. The predicted octanol–water partition coefficient (Wildman–Crippen LogP) is 1.96. The second-order valence-corrected chi connectivity index (χ2v) is 8.65. The van der Waals surface area contributed by atoms with Gasteiger partial charge < -0.3 is 9.64 Å². The van der Waals surface area contributed by atoms with Crippen molar-refractivity contribution in [1.29, 1.82) is 0 Å². The Morgan fingerprint density at radius 1 is 1.14 bits per heavy atom. The van der Waals surface area contributed by atoms with Gasteiger partial charge in [0, 0.05) is 31.7 Å². The molecule has 28 heavy (non-hydrogen) atoms. The zero-order valence-corrected chi connectivity index (χ0v) is 17.3. The molecule has 0 atom stereocenters. The summed E-state index contributed by atoms with van der Waals surface area (Å²) >= 11 is 0. The van der Waals surface area contributed by atoms with Crippen molar-refractivity contribution in [2.24, 2.45) is 0 Å². The van der Waals surface area contributed by atoms with Gasteiger partial charge in [0.15, 0.2) is 0 Å². The standard InChI is InChI=1S/C19H26N4O4S/c1-4-27-17-8-6-16(7-9-17)19(24)22-10-5-11-23(13-12-22)28(25,26)18-14(2)20-21-15(18)3/h6-9H,4-5,10-13H2,1-3H3,(H,20,21). The van der Waals surface area contributed by atoms with Crippen LogP contribution in [0.5, 0.6) is 5.75 Å². The lowest BCUT2D eigenvalue weighted by Gasteiger charge is -2.22. The van der Waals surface area contributed by atoms with E-state index in [4.69, 9.17) is 4.74 Å². The molecule has 0 bridgehead atoms. The maximum absolute atomic E-state index is 13.0. The van der Waals surface area contributed by atoms with Crippen LogP contribution < -0.4 is 4.74 Å². The lowest BCUT2D eigenvalue weighted by Crippen LogP contribution is -2.37. The monoisotopic (exact) mass is 406 g/mol. The number of rotatable bonds is 5. The first-order valence-electron chi connectivity index (χ1n) is 9.38. The van der Waals surface area contributed by atoms with E-state index in [2.05, 4.69) is 10.2 Å². The summed E-state index contributed by atoms with van der Waals surface area (Å²) in [6.07, 6.45) is 0.581. The van der Waals surface area contributed by atoms with Gasteiger partial charge in [-0.25, -0.2) is 8.42 Å². The van der Waals surface area contributed by atoms with Crippen molar-refractivity contribution in [3.05, 3.63) is 41.2 Å². The van der Waals surface area contributed by atoms with Crippen LogP contribution in [0, 0.1) is 13.8 Å². The molecule has 2 aromatic rings. The average Bonchev–Trinajstić information content (AvgIpc) is 2.87. The minimum atomic E-state index is -3.64. The van der Waals surface area contributed by atoms with Crippen molar-refractivity contribution in [1.82, 2.24) is 19.4 Å². The number of H-pyrrole nitrogens is 1. The molecule has 2 heterocycles. The SMILES string of the molecule is CCOc1ccc(C(=O)N2CCCN(S(=O)(=O)c3c(C)n[nH]c3C)CC2)cc1. The van der Waals surface area contributed by atoms with Crippen molar-refractivity contribution in [3.63, 3.8) is 0 Å². The Morgan fingerprint density at radius 3 is 2.46 bits per heavy atom. The number of amides is 1. The fraction of sp³-hybridized carbons (Fsp3) is 0.474. The molecule has 0 saturated carbocycles. The van der Waals surface area contributed by atoms with Crippen LogP contribution in [0.1, 0.15) is 35.1 Å². The van der Waals surface area contributed by atoms with Crippen LogP contribution >= 0.6 is 0 Å². The highest BCUT2D eigenvalue weighted by atomic mass is 32.2. The number of nitrogens with one attached hydrogen (secondary N) is 1. The molecule has 0 radical (unpaired) electrons. The maximum atomic E-state index is 13.0. The number of sulfonamides is 1. The molecule has 152 valence electrons. The molecule has 1 saturated heterocycles. The van der Waals surface area contributed by atoms with Gasteiger partial charge in [-0.15, -0.1) is 0 Å². The Morgan fingerprint density at radius 2 is 1.86 bits per heavy atom. The number of benzene rings is 1. The number of ether oxygens (including phenoxy) is 1. The largest absolute Gasteiger partial charge is 0.494 e. The topological polar surface area (TPSA) is 95.6 Å². The lowest BCUT2D eigenvalue weighted by molar-refractivity contribution is 0.0764. The van der Waals surface area contributed by atoms with E-state index in [1.165, 1.54) is 4.31 Å². The number of carbonyl (C=O) groups excluding carboxylic acids is 1. The molecule has 1 fully saturated rings. The predicted molar refractivity (Wildman–Crippen MR) is 105 cm³/mol. The summed E-state index contributed by atoms with van der Waals surface area (Å²) in [7, 11) is -3.64. The van der Waals surface area contributed by atoms with E-state index in [-0.39, 0.29) is 17.3 Å². The summed E-state index contributed by atoms with van der Waals surface area (Å²) in [4.78, 5) is 14.8. The Bertz CT molecular complexity index is 918. The summed E-state index contributed by atoms with van der Waals surface area (Å²) in [5, 5.41) is 6.73. The number of aromatic nitrogens is 2. The van der Waals surface area contributed by atoms with Gasteiger partial charge in [-0.1, -0.05) is 0 Å². The van der Waals surface area contributed by atoms with Crippen LogP contribution in [0.15, 0.2) is 29.2 Å². The zero-order chi connectivity index (χ0) is 20.3. The number of nitrogens with zero attached hydrogens (tertiary/aromatic N) is 3. The first-order chi connectivity index (χ1) is 13.3. The molecule has 1 N–H and O–H groups in total. The number of hydrogen-bond donors (Lipinski definition) is 1.